The van der Waals surface area contributed by atoms with Gasteiger partial charge in [-0.1, -0.05) is 13.3 Å². The number of rotatable bonds is 9. The fraction of sp³-hybridized carbons (Fsp3) is 0.364. The summed E-state index contributed by atoms with van der Waals surface area (Å²) < 4.78 is 6.44. The molecule has 0 heterocycles. The third kappa shape index (κ3) is 5.83. The summed E-state index contributed by atoms with van der Waals surface area (Å²) in [7, 11) is 0. The summed E-state index contributed by atoms with van der Waals surface area (Å²) in [6.45, 7) is 8.00. The summed E-state index contributed by atoms with van der Waals surface area (Å²) in [5.41, 5.74) is 1.77. The first-order chi connectivity index (χ1) is 13.5. The molecular weight excluding hydrogens is 420 g/mol. The van der Waals surface area contributed by atoms with E-state index < -0.39 is 0 Å². The van der Waals surface area contributed by atoms with Crippen molar-refractivity contribution >= 4 is 33.4 Å². The molecule has 150 valence electrons. The molecule has 2 amide bonds. The first kappa shape index (κ1) is 22.0. The molecule has 0 saturated carbocycles. The van der Waals surface area contributed by atoms with Crippen molar-refractivity contribution in [2.45, 2.75) is 33.6 Å². The molecule has 0 bridgehead atoms. The van der Waals surface area contributed by atoms with Gasteiger partial charge in [-0.2, -0.15) is 0 Å². The maximum absolute atomic E-state index is 12.5. The van der Waals surface area contributed by atoms with E-state index in [2.05, 4.69) is 28.2 Å². The molecule has 2 aromatic rings. The van der Waals surface area contributed by atoms with E-state index in [1.165, 1.54) is 0 Å². The highest BCUT2D eigenvalue weighted by Crippen LogP contribution is 2.26. The van der Waals surface area contributed by atoms with Gasteiger partial charge in [0.1, 0.15) is 5.75 Å². The van der Waals surface area contributed by atoms with Crippen LogP contribution in [0.1, 0.15) is 54.3 Å². The van der Waals surface area contributed by atoms with E-state index in [0.29, 0.717) is 36.5 Å². The van der Waals surface area contributed by atoms with Gasteiger partial charge in [0.2, 0.25) is 0 Å². The first-order valence-corrected chi connectivity index (χ1v) is 10.4. The Hall–Kier alpha value is -2.34. The Balaban J connectivity index is 2.02. The molecule has 0 unspecified atom stereocenters. The second-order valence-electron chi connectivity index (χ2n) is 6.36. The minimum Gasteiger partial charge on any atom is -0.492 e. The Kier molecular flexibility index (Phi) is 8.51. The predicted octanol–water partition coefficient (Wildman–Crippen LogP) is 5.36. The highest BCUT2D eigenvalue weighted by molar-refractivity contribution is 9.10. The van der Waals surface area contributed by atoms with Crippen molar-refractivity contribution in [3.05, 3.63) is 58.1 Å². The van der Waals surface area contributed by atoms with Gasteiger partial charge in [-0.05, 0) is 78.7 Å². The Bertz CT molecular complexity index is 802. The van der Waals surface area contributed by atoms with Gasteiger partial charge in [0.25, 0.3) is 11.8 Å². The number of carbonyl (C=O) groups is 2. The molecule has 2 rings (SSSR count). The minimum absolute atomic E-state index is 0.00883. The maximum Gasteiger partial charge on any atom is 0.255 e. The largest absolute Gasteiger partial charge is 0.492 e. The highest BCUT2D eigenvalue weighted by Gasteiger charge is 2.13. The zero-order chi connectivity index (χ0) is 20.5. The number of anilines is 1. The van der Waals surface area contributed by atoms with Gasteiger partial charge in [-0.15, -0.1) is 0 Å². The fourth-order valence-electron chi connectivity index (χ4n) is 2.68. The molecule has 0 spiro atoms. The second kappa shape index (κ2) is 10.9. The Morgan fingerprint density at radius 1 is 1.00 bits per heavy atom. The van der Waals surface area contributed by atoms with Crippen molar-refractivity contribution in [2.75, 3.05) is 25.0 Å². The molecule has 1 N–H and O–H groups in total. The quantitative estimate of drug-likeness (QED) is 0.527. The summed E-state index contributed by atoms with van der Waals surface area (Å²) in [4.78, 5) is 26.6. The van der Waals surface area contributed by atoms with Crippen LogP contribution in [0.25, 0.3) is 0 Å². The van der Waals surface area contributed by atoms with Crippen LogP contribution >= 0.6 is 15.9 Å². The lowest BCUT2D eigenvalue weighted by molar-refractivity contribution is 0.0773. The molecule has 0 aromatic heterocycles. The standard InChI is InChI=1S/C22H27BrN2O3/c1-4-7-14-28-20-13-10-17(15-19(20)23)21(26)24-18-11-8-16(9-12-18)22(27)25(5-2)6-3/h8-13,15H,4-7,14H2,1-3H3,(H,24,26). The summed E-state index contributed by atoms with van der Waals surface area (Å²) >= 11 is 3.46. The van der Waals surface area contributed by atoms with E-state index >= 15 is 0 Å². The van der Waals surface area contributed by atoms with Gasteiger partial charge in [0, 0.05) is 29.9 Å². The van der Waals surface area contributed by atoms with Crippen molar-refractivity contribution in [3.63, 3.8) is 0 Å². The van der Waals surface area contributed by atoms with Crippen molar-refractivity contribution in [1.29, 1.82) is 0 Å². The molecule has 28 heavy (non-hydrogen) atoms. The monoisotopic (exact) mass is 446 g/mol. The molecule has 6 heteroatoms. The summed E-state index contributed by atoms with van der Waals surface area (Å²) in [6, 6.07) is 12.2. The lowest BCUT2D eigenvalue weighted by atomic mass is 10.1. The predicted molar refractivity (Wildman–Crippen MR) is 116 cm³/mol. The van der Waals surface area contributed by atoms with Crippen molar-refractivity contribution in [1.82, 2.24) is 4.90 Å². The van der Waals surface area contributed by atoms with Gasteiger partial charge in [-0.3, -0.25) is 9.59 Å². The molecule has 0 aliphatic rings. The van der Waals surface area contributed by atoms with E-state index in [0.717, 1.165) is 23.1 Å². The summed E-state index contributed by atoms with van der Waals surface area (Å²) in [6.07, 6.45) is 2.05. The number of ether oxygens (including phenoxy) is 1. The molecule has 0 aliphatic heterocycles. The van der Waals surface area contributed by atoms with E-state index in [-0.39, 0.29) is 11.8 Å². The Morgan fingerprint density at radius 2 is 1.64 bits per heavy atom. The number of amides is 2. The van der Waals surface area contributed by atoms with Crippen LogP contribution in [-0.4, -0.2) is 36.4 Å². The Morgan fingerprint density at radius 3 is 2.21 bits per heavy atom. The van der Waals surface area contributed by atoms with Crippen LogP contribution in [0.2, 0.25) is 0 Å². The summed E-state index contributed by atoms with van der Waals surface area (Å²) in [5, 5.41) is 2.86. The average molecular weight is 447 g/mol. The topological polar surface area (TPSA) is 58.6 Å². The number of nitrogens with one attached hydrogen (secondary N) is 1. The lowest BCUT2D eigenvalue weighted by Crippen LogP contribution is -2.30. The number of unbranched alkanes of at least 4 members (excludes halogenated alkanes) is 1. The van der Waals surface area contributed by atoms with Crippen LogP contribution in [0, 0.1) is 0 Å². The SMILES string of the molecule is CCCCOc1ccc(C(=O)Nc2ccc(C(=O)N(CC)CC)cc2)cc1Br. The average Bonchev–Trinajstić information content (AvgIpc) is 2.70. The number of hydrogen-bond acceptors (Lipinski definition) is 3. The van der Waals surface area contributed by atoms with Crippen LogP contribution in [0.5, 0.6) is 5.75 Å². The van der Waals surface area contributed by atoms with Crippen molar-refractivity contribution in [3.8, 4) is 5.75 Å². The molecule has 0 atom stereocenters. The van der Waals surface area contributed by atoms with Crippen LogP contribution in [0.4, 0.5) is 5.69 Å². The molecule has 0 saturated heterocycles. The molecule has 0 radical (unpaired) electrons. The van der Waals surface area contributed by atoms with Gasteiger partial charge in [0.05, 0.1) is 11.1 Å². The summed E-state index contributed by atoms with van der Waals surface area (Å²) in [5.74, 6) is 0.498. The zero-order valence-corrected chi connectivity index (χ0v) is 18.2. The minimum atomic E-state index is -0.219. The van der Waals surface area contributed by atoms with Crippen LogP contribution in [-0.2, 0) is 0 Å². The Labute approximate surface area is 175 Å². The van der Waals surface area contributed by atoms with E-state index in [4.69, 9.17) is 4.74 Å². The van der Waals surface area contributed by atoms with Gasteiger partial charge in [-0.25, -0.2) is 0 Å². The van der Waals surface area contributed by atoms with Gasteiger partial charge in [0.15, 0.2) is 0 Å². The van der Waals surface area contributed by atoms with Gasteiger partial charge < -0.3 is 15.0 Å². The highest BCUT2D eigenvalue weighted by atomic mass is 79.9. The normalized spacial score (nSPS) is 10.4. The maximum atomic E-state index is 12.5. The molecule has 2 aromatic carbocycles. The molecular formula is C22H27BrN2O3. The third-order valence-electron chi connectivity index (χ3n) is 4.39. The molecule has 0 aliphatic carbocycles. The third-order valence-corrected chi connectivity index (χ3v) is 5.01. The molecule has 5 nitrogen and oxygen atoms in total. The first-order valence-electron chi connectivity index (χ1n) is 9.63. The smallest absolute Gasteiger partial charge is 0.255 e. The number of carbonyl (C=O) groups excluding carboxylic acids is 2. The van der Waals surface area contributed by atoms with Crippen LogP contribution in [0.3, 0.4) is 0 Å². The van der Waals surface area contributed by atoms with Gasteiger partial charge >= 0.3 is 0 Å². The van der Waals surface area contributed by atoms with E-state index in [9.17, 15) is 9.59 Å². The number of halogens is 1. The number of benzene rings is 2. The van der Waals surface area contributed by atoms with E-state index in [1.807, 2.05) is 13.8 Å². The number of nitrogens with zero attached hydrogens (tertiary/aromatic N) is 1. The van der Waals surface area contributed by atoms with Crippen molar-refractivity contribution in [2.24, 2.45) is 0 Å². The zero-order valence-electron chi connectivity index (χ0n) is 16.6. The second-order valence-corrected chi connectivity index (χ2v) is 7.21. The van der Waals surface area contributed by atoms with Crippen molar-refractivity contribution < 1.29 is 14.3 Å². The number of hydrogen-bond donors (Lipinski definition) is 1. The lowest BCUT2D eigenvalue weighted by Gasteiger charge is -2.18. The van der Waals surface area contributed by atoms with Crippen LogP contribution < -0.4 is 10.1 Å². The van der Waals surface area contributed by atoms with E-state index in [1.54, 1.807) is 47.4 Å². The fourth-order valence-corrected chi connectivity index (χ4v) is 3.17. The van der Waals surface area contributed by atoms with Crippen LogP contribution in [0.15, 0.2) is 46.9 Å². The molecule has 0 fully saturated rings.